The Morgan fingerprint density at radius 3 is 2.75 bits per heavy atom. The molecule has 0 spiro atoms. The second-order valence-corrected chi connectivity index (χ2v) is 6.38. The summed E-state index contributed by atoms with van der Waals surface area (Å²) in [6.07, 6.45) is 4.34. The number of anilines is 1. The number of nitrogens with two attached hydrogens (primary N) is 1. The van der Waals surface area contributed by atoms with Crippen LogP contribution in [0.1, 0.15) is 29.5 Å². The Balaban J connectivity index is 1.52. The number of hydrogen-bond donors (Lipinski definition) is 2. The average Bonchev–Trinajstić information content (AvgIpc) is 3.40. The van der Waals surface area contributed by atoms with Gasteiger partial charge in [-0.25, -0.2) is 9.98 Å². The maximum Gasteiger partial charge on any atom is 0.213 e. The first-order valence-corrected chi connectivity index (χ1v) is 8.32. The number of nitrogens with zero attached hydrogens (tertiary/aromatic N) is 2. The number of ether oxygens (including phenoxy) is 1. The second-order valence-electron chi connectivity index (χ2n) is 6.38. The van der Waals surface area contributed by atoms with Crippen LogP contribution in [-0.2, 0) is 6.54 Å². The minimum Gasteiger partial charge on any atom is -0.477 e. The number of rotatable bonds is 6. The van der Waals surface area contributed by atoms with Crippen molar-refractivity contribution in [2.45, 2.75) is 33.2 Å². The molecule has 5 heteroatoms. The third-order valence-electron chi connectivity index (χ3n) is 4.17. The quantitative estimate of drug-likeness (QED) is 0.631. The van der Waals surface area contributed by atoms with Crippen LogP contribution in [0.4, 0.5) is 5.69 Å². The molecule has 1 saturated carbocycles. The Hall–Kier alpha value is -2.56. The van der Waals surface area contributed by atoms with Gasteiger partial charge in [-0.3, -0.25) is 0 Å². The number of aryl methyl sites for hydroxylation is 2. The molecule has 126 valence electrons. The standard InChI is InChI=1S/C19H24N4O/c1-13-3-7-17(9-14(13)2)23-19(20)22-11-16-6-8-18(21-10-16)24-12-15-4-5-15/h3,6-10,15H,4-5,11-12H2,1-2H3,(H3,20,22,23). The number of nitrogens with one attached hydrogen (secondary N) is 1. The predicted molar refractivity (Wildman–Crippen MR) is 97.3 cm³/mol. The highest BCUT2D eigenvalue weighted by Gasteiger charge is 2.21. The van der Waals surface area contributed by atoms with Gasteiger partial charge >= 0.3 is 0 Å². The van der Waals surface area contributed by atoms with Crippen molar-refractivity contribution in [3.63, 3.8) is 0 Å². The molecule has 1 aromatic heterocycles. The molecule has 0 amide bonds. The minimum absolute atomic E-state index is 0.396. The summed E-state index contributed by atoms with van der Waals surface area (Å²) in [6.45, 7) is 5.42. The summed E-state index contributed by atoms with van der Waals surface area (Å²) in [5, 5.41) is 3.11. The zero-order valence-electron chi connectivity index (χ0n) is 14.2. The first-order chi connectivity index (χ1) is 11.6. The van der Waals surface area contributed by atoms with E-state index in [1.165, 1.54) is 24.0 Å². The van der Waals surface area contributed by atoms with Gasteiger partial charge in [0, 0.05) is 18.0 Å². The van der Waals surface area contributed by atoms with E-state index in [1.807, 2.05) is 18.2 Å². The van der Waals surface area contributed by atoms with Crippen molar-refractivity contribution in [2.24, 2.45) is 16.6 Å². The fourth-order valence-electron chi connectivity index (χ4n) is 2.26. The molecule has 0 bridgehead atoms. The van der Waals surface area contributed by atoms with Crippen molar-refractivity contribution >= 4 is 11.6 Å². The summed E-state index contributed by atoms with van der Waals surface area (Å²) in [5.41, 5.74) is 10.4. The van der Waals surface area contributed by atoms with Gasteiger partial charge in [0.25, 0.3) is 0 Å². The lowest BCUT2D eigenvalue weighted by Gasteiger charge is -2.08. The van der Waals surface area contributed by atoms with Gasteiger partial charge < -0.3 is 15.8 Å². The highest BCUT2D eigenvalue weighted by Crippen LogP contribution is 2.29. The molecule has 5 nitrogen and oxygen atoms in total. The fourth-order valence-corrected chi connectivity index (χ4v) is 2.26. The number of aromatic nitrogens is 1. The Morgan fingerprint density at radius 1 is 1.25 bits per heavy atom. The first kappa shape index (κ1) is 16.3. The molecule has 0 unspecified atom stereocenters. The van der Waals surface area contributed by atoms with Crippen LogP contribution in [0.5, 0.6) is 5.88 Å². The molecule has 0 atom stereocenters. The van der Waals surface area contributed by atoms with E-state index in [0.717, 1.165) is 23.8 Å². The molecule has 0 saturated heterocycles. The molecule has 1 aliphatic carbocycles. The SMILES string of the molecule is Cc1ccc(NC(N)=NCc2ccc(OCC3CC3)nc2)cc1C. The summed E-state index contributed by atoms with van der Waals surface area (Å²) in [7, 11) is 0. The Morgan fingerprint density at radius 2 is 2.08 bits per heavy atom. The largest absolute Gasteiger partial charge is 0.477 e. The third-order valence-corrected chi connectivity index (χ3v) is 4.17. The zero-order chi connectivity index (χ0) is 16.9. The molecular weight excluding hydrogens is 300 g/mol. The molecule has 0 radical (unpaired) electrons. The molecule has 3 N–H and O–H groups in total. The monoisotopic (exact) mass is 324 g/mol. The molecular formula is C19H24N4O. The Bertz CT molecular complexity index is 721. The van der Waals surface area contributed by atoms with E-state index in [1.54, 1.807) is 6.20 Å². The van der Waals surface area contributed by atoms with E-state index in [4.69, 9.17) is 10.5 Å². The number of aliphatic imine (C=N–C) groups is 1. The van der Waals surface area contributed by atoms with Crippen LogP contribution >= 0.6 is 0 Å². The lowest BCUT2D eigenvalue weighted by molar-refractivity contribution is 0.288. The lowest BCUT2D eigenvalue weighted by atomic mass is 10.1. The maximum atomic E-state index is 5.95. The van der Waals surface area contributed by atoms with Gasteiger partial charge in [0.1, 0.15) is 0 Å². The molecule has 0 aliphatic heterocycles. The van der Waals surface area contributed by atoms with Gasteiger partial charge in [0.05, 0.1) is 13.2 Å². The van der Waals surface area contributed by atoms with Crippen LogP contribution in [0.25, 0.3) is 0 Å². The van der Waals surface area contributed by atoms with Crippen LogP contribution in [0.15, 0.2) is 41.5 Å². The number of pyridine rings is 1. The van der Waals surface area contributed by atoms with Crippen LogP contribution in [0, 0.1) is 19.8 Å². The van der Waals surface area contributed by atoms with E-state index in [9.17, 15) is 0 Å². The first-order valence-electron chi connectivity index (χ1n) is 8.32. The van der Waals surface area contributed by atoms with Gasteiger partial charge in [0.2, 0.25) is 5.88 Å². The van der Waals surface area contributed by atoms with Crippen molar-refractivity contribution < 1.29 is 4.74 Å². The number of benzene rings is 1. The second kappa shape index (κ2) is 7.34. The van der Waals surface area contributed by atoms with E-state index in [-0.39, 0.29) is 0 Å². The maximum absolute atomic E-state index is 5.95. The average molecular weight is 324 g/mol. The lowest BCUT2D eigenvalue weighted by Crippen LogP contribution is -2.22. The molecule has 24 heavy (non-hydrogen) atoms. The van der Waals surface area contributed by atoms with Gasteiger partial charge in [0.15, 0.2) is 5.96 Å². The smallest absolute Gasteiger partial charge is 0.213 e. The summed E-state index contributed by atoms with van der Waals surface area (Å²) in [4.78, 5) is 8.67. The molecule has 1 aliphatic rings. The Labute approximate surface area is 143 Å². The van der Waals surface area contributed by atoms with Crippen molar-refractivity contribution in [3.8, 4) is 5.88 Å². The molecule has 3 rings (SSSR count). The summed E-state index contributed by atoms with van der Waals surface area (Å²) in [6, 6.07) is 9.99. The van der Waals surface area contributed by atoms with Crippen molar-refractivity contribution in [3.05, 3.63) is 53.2 Å². The minimum atomic E-state index is 0.396. The van der Waals surface area contributed by atoms with E-state index >= 15 is 0 Å². The Kier molecular flexibility index (Phi) is 4.99. The summed E-state index contributed by atoms with van der Waals surface area (Å²) in [5.74, 6) is 1.80. The highest BCUT2D eigenvalue weighted by molar-refractivity contribution is 5.92. The third kappa shape index (κ3) is 4.72. The predicted octanol–water partition coefficient (Wildman–Crippen LogP) is 3.41. The van der Waals surface area contributed by atoms with E-state index in [0.29, 0.717) is 18.4 Å². The van der Waals surface area contributed by atoms with Gasteiger partial charge in [-0.05, 0) is 61.4 Å². The molecule has 1 aromatic carbocycles. The number of guanidine groups is 1. The van der Waals surface area contributed by atoms with Gasteiger partial charge in [-0.15, -0.1) is 0 Å². The molecule has 2 aromatic rings. The summed E-state index contributed by atoms with van der Waals surface area (Å²) < 4.78 is 5.63. The molecule has 1 fully saturated rings. The number of hydrogen-bond acceptors (Lipinski definition) is 3. The highest BCUT2D eigenvalue weighted by atomic mass is 16.5. The van der Waals surface area contributed by atoms with Crippen LogP contribution < -0.4 is 15.8 Å². The normalized spacial score (nSPS) is 14.5. The van der Waals surface area contributed by atoms with Crippen LogP contribution in [-0.4, -0.2) is 17.6 Å². The topological polar surface area (TPSA) is 72.5 Å². The van der Waals surface area contributed by atoms with Crippen LogP contribution in [0.3, 0.4) is 0 Å². The fraction of sp³-hybridized carbons (Fsp3) is 0.368. The molecule has 1 heterocycles. The van der Waals surface area contributed by atoms with Crippen LogP contribution in [0.2, 0.25) is 0 Å². The van der Waals surface area contributed by atoms with E-state index < -0.39 is 0 Å². The zero-order valence-corrected chi connectivity index (χ0v) is 14.2. The van der Waals surface area contributed by atoms with Crippen molar-refractivity contribution in [1.29, 1.82) is 0 Å². The summed E-state index contributed by atoms with van der Waals surface area (Å²) >= 11 is 0. The van der Waals surface area contributed by atoms with Gasteiger partial charge in [-0.2, -0.15) is 0 Å². The van der Waals surface area contributed by atoms with Crippen molar-refractivity contribution in [1.82, 2.24) is 4.98 Å². The van der Waals surface area contributed by atoms with Crippen molar-refractivity contribution in [2.75, 3.05) is 11.9 Å². The van der Waals surface area contributed by atoms with E-state index in [2.05, 4.69) is 41.3 Å². The van der Waals surface area contributed by atoms with Gasteiger partial charge in [-0.1, -0.05) is 12.1 Å².